The van der Waals surface area contributed by atoms with Crippen LogP contribution in [0.15, 0.2) is 60.7 Å². The van der Waals surface area contributed by atoms with Crippen LogP contribution in [0.4, 0.5) is 13.2 Å². The summed E-state index contributed by atoms with van der Waals surface area (Å²) in [7, 11) is 0. The monoisotopic (exact) mass is 322 g/mol. The third-order valence-electron chi connectivity index (χ3n) is 3.26. The smallest absolute Gasteiger partial charge is 0.310 e. The van der Waals surface area contributed by atoms with Crippen LogP contribution >= 0.6 is 0 Å². The molecule has 1 fully saturated rings. The van der Waals surface area contributed by atoms with Gasteiger partial charge in [0.05, 0.1) is 5.56 Å². The average molecular weight is 322 g/mol. The van der Waals surface area contributed by atoms with Crippen LogP contribution in [0.5, 0.6) is 0 Å². The average Bonchev–Trinajstić information content (AvgIpc) is 3.02. The Morgan fingerprint density at radius 2 is 1.57 bits per heavy atom. The lowest BCUT2D eigenvalue weighted by atomic mass is 10.1. The molecule has 0 aliphatic carbocycles. The molecular weight excluding hydrogens is 309 g/mol. The molecule has 2 aromatic carbocycles. The van der Waals surface area contributed by atoms with Gasteiger partial charge >= 0.3 is 6.18 Å². The normalized spacial score (nSPS) is 21.9. The highest BCUT2D eigenvalue weighted by molar-refractivity contribution is 5.49. The lowest BCUT2D eigenvalue weighted by molar-refractivity contribution is -0.292. The van der Waals surface area contributed by atoms with Crippen molar-refractivity contribution in [3.8, 4) is 0 Å². The predicted molar refractivity (Wildman–Crippen MR) is 76.7 cm³/mol. The zero-order valence-electron chi connectivity index (χ0n) is 11.9. The quantitative estimate of drug-likeness (QED) is 0.765. The Hall–Kier alpha value is -2.15. The molecule has 3 rings (SSSR count). The van der Waals surface area contributed by atoms with E-state index in [0.717, 1.165) is 11.6 Å². The van der Waals surface area contributed by atoms with Crippen molar-refractivity contribution in [2.45, 2.75) is 18.8 Å². The van der Waals surface area contributed by atoms with Crippen LogP contribution in [0, 0.1) is 0 Å². The number of benzene rings is 2. The van der Waals surface area contributed by atoms with Crippen molar-refractivity contribution in [2.75, 3.05) is 0 Å². The Morgan fingerprint density at radius 3 is 2.30 bits per heavy atom. The summed E-state index contributed by atoms with van der Waals surface area (Å²) >= 11 is 0. The second kappa shape index (κ2) is 6.54. The summed E-state index contributed by atoms with van der Waals surface area (Å²) in [4.78, 5) is 9.84. The molecule has 1 aliphatic heterocycles. The molecule has 2 atom stereocenters. The lowest BCUT2D eigenvalue weighted by Crippen LogP contribution is -2.13. The van der Waals surface area contributed by atoms with Gasteiger partial charge in [-0.2, -0.15) is 22.9 Å². The van der Waals surface area contributed by atoms with Crippen LogP contribution in [0.3, 0.4) is 0 Å². The van der Waals surface area contributed by atoms with Gasteiger partial charge in [-0.25, -0.2) is 0 Å². The van der Waals surface area contributed by atoms with Gasteiger partial charge in [-0.3, -0.25) is 0 Å². The summed E-state index contributed by atoms with van der Waals surface area (Å²) < 4.78 is 44.4. The molecule has 2 aromatic rings. The largest absolute Gasteiger partial charge is 0.416 e. The summed E-state index contributed by atoms with van der Waals surface area (Å²) in [5.41, 5.74) is -0.00394. The van der Waals surface area contributed by atoms with Crippen molar-refractivity contribution >= 4 is 6.08 Å². The van der Waals surface area contributed by atoms with Crippen molar-refractivity contribution in [3.63, 3.8) is 0 Å². The number of rotatable bonds is 3. The van der Waals surface area contributed by atoms with Crippen LogP contribution in [-0.2, 0) is 20.7 Å². The minimum Gasteiger partial charge on any atom is -0.310 e. The zero-order chi connectivity index (χ0) is 16.3. The summed E-state index contributed by atoms with van der Waals surface area (Å²) in [6.07, 6.45) is -3.27. The van der Waals surface area contributed by atoms with Crippen LogP contribution in [0.25, 0.3) is 6.08 Å². The Kier molecular flexibility index (Phi) is 4.47. The molecule has 0 bridgehead atoms. The van der Waals surface area contributed by atoms with Gasteiger partial charge in [0, 0.05) is 5.56 Å². The maximum Gasteiger partial charge on any atom is 0.416 e. The fourth-order valence-electron chi connectivity index (χ4n) is 2.19. The van der Waals surface area contributed by atoms with E-state index in [9.17, 15) is 13.2 Å². The van der Waals surface area contributed by atoms with Crippen LogP contribution in [-0.4, -0.2) is 6.29 Å². The lowest BCUT2D eigenvalue weighted by Gasteiger charge is -2.14. The van der Waals surface area contributed by atoms with E-state index in [-0.39, 0.29) is 5.56 Å². The molecule has 2 unspecified atom stereocenters. The van der Waals surface area contributed by atoms with Crippen LogP contribution < -0.4 is 0 Å². The van der Waals surface area contributed by atoms with Crippen molar-refractivity contribution in [2.24, 2.45) is 0 Å². The van der Waals surface area contributed by atoms with Gasteiger partial charge in [-0.1, -0.05) is 54.6 Å². The minimum atomic E-state index is -4.48. The SMILES string of the molecule is FC(F)(F)c1ccccc1C1OOC(/C=C/c2ccccc2)O1. The Balaban J connectivity index is 1.72. The van der Waals surface area contributed by atoms with E-state index in [2.05, 4.69) is 0 Å². The molecule has 0 saturated carbocycles. The topological polar surface area (TPSA) is 27.7 Å². The predicted octanol–water partition coefficient (Wildman–Crippen LogP) is 4.72. The van der Waals surface area contributed by atoms with E-state index >= 15 is 0 Å². The number of hydrogen-bond acceptors (Lipinski definition) is 3. The molecule has 1 aliphatic rings. The summed E-state index contributed by atoms with van der Waals surface area (Å²) in [5, 5.41) is 0. The molecule has 1 saturated heterocycles. The highest BCUT2D eigenvalue weighted by atomic mass is 19.4. The number of halogens is 3. The first-order valence-electron chi connectivity index (χ1n) is 6.91. The standard InChI is InChI=1S/C17H13F3O3/c18-17(19,20)14-9-5-4-8-13(14)16-21-15(22-23-16)11-10-12-6-2-1-3-7-12/h1-11,15-16H/b11-10+. The highest BCUT2D eigenvalue weighted by Crippen LogP contribution is 2.38. The van der Waals surface area contributed by atoms with Gasteiger partial charge in [-0.05, 0) is 17.7 Å². The number of alkyl halides is 3. The fourth-order valence-corrected chi connectivity index (χ4v) is 2.19. The molecule has 120 valence electrons. The third-order valence-corrected chi connectivity index (χ3v) is 3.26. The third kappa shape index (κ3) is 3.79. The van der Waals surface area contributed by atoms with E-state index in [1.54, 1.807) is 12.2 Å². The Bertz CT molecular complexity index is 683. The molecule has 0 N–H and O–H groups in total. The van der Waals surface area contributed by atoms with Crippen LogP contribution in [0.2, 0.25) is 0 Å². The minimum absolute atomic E-state index is 0.115. The molecule has 0 aromatic heterocycles. The van der Waals surface area contributed by atoms with Gasteiger partial charge < -0.3 is 4.74 Å². The fraction of sp³-hybridized carbons (Fsp3) is 0.176. The molecule has 1 heterocycles. The van der Waals surface area contributed by atoms with E-state index in [1.165, 1.54) is 18.2 Å². The summed E-state index contributed by atoms with van der Waals surface area (Å²) in [6, 6.07) is 14.5. The van der Waals surface area contributed by atoms with Gasteiger partial charge in [-0.15, -0.1) is 0 Å². The second-order valence-corrected chi connectivity index (χ2v) is 4.88. The molecule has 23 heavy (non-hydrogen) atoms. The van der Waals surface area contributed by atoms with Gasteiger partial charge in [0.2, 0.25) is 12.6 Å². The maximum atomic E-state index is 13.0. The molecule has 3 nitrogen and oxygen atoms in total. The van der Waals surface area contributed by atoms with Crippen molar-refractivity contribution in [1.29, 1.82) is 0 Å². The molecular formula is C17H13F3O3. The van der Waals surface area contributed by atoms with Gasteiger partial charge in [0.25, 0.3) is 0 Å². The first-order valence-corrected chi connectivity index (χ1v) is 6.91. The summed E-state index contributed by atoms with van der Waals surface area (Å²) in [5.74, 6) is 0. The van der Waals surface area contributed by atoms with Crippen molar-refractivity contribution in [3.05, 3.63) is 77.4 Å². The van der Waals surface area contributed by atoms with E-state index in [0.29, 0.717) is 0 Å². The van der Waals surface area contributed by atoms with Crippen molar-refractivity contribution < 1.29 is 27.7 Å². The Labute approximate surface area is 130 Å². The highest BCUT2D eigenvalue weighted by Gasteiger charge is 2.38. The van der Waals surface area contributed by atoms with E-state index in [4.69, 9.17) is 14.5 Å². The zero-order valence-corrected chi connectivity index (χ0v) is 11.9. The molecule has 0 radical (unpaired) electrons. The van der Waals surface area contributed by atoms with Crippen molar-refractivity contribution in [1.82, 2.24) is 0 Å². The van der Waals surface area contributed by atoms with Crippen LogP contribution in [0.1, 0.15) is 23.0 Å². The number of ether oxygens (including phenoxy) is 1. The first-order chi connectivity index (χ1) is 11.0. The van der Waals surface area contributed by atoms with Gasteiger partial charge in [0.15, 0.2) is 0 Å². The van der Waals surface area contributed by atoms with E-state index < -0.39 is 24.3 Å². The molecule has 0 spiro atoms. The Morgan fingerprint density at radius 1 is 0.870 bits per heavy atom. The second-order valence-electron chi connectivity index (χ2n) is 4.88. The molecule has 6 heteroatoms. The first kappa shape index (κ1) is 15.7. The number of hydrogen-bond donors (Lipinski definition) is 0. The molecule has 0 amide bonds. The maximum absolute atomic E-state index is 13.0. The van der Waals surface area contributed by atoms with E-state index in [1.807, 2.05) is 30.3 Å². The summed E-state index contributed by atoms with van der Waals surface area (Å²) in [6.45, 7) is 0. The van der Waals surface area contributed by atoms with Gasteiger partial charge in [0.1, 0.15) is 0 Å².